The van der Waals surface area contributed by atoms with Crippen LogP contribution in [0.2, 0.25) is 0 Å². The van der Waals surface area contributed by atoms with Crippen molar-refractivity contribution in [3.05, 3.63) is 35.4 Å². The van der Waals surface area contributed by atoms with Crippen molar-refractivity contribution < 1.29 is 9.90 Å². The van der Waals surface area contributed by atoms with E-state index in [0.29, 0.717) is 19.5 Å². The third-order valence-corrected chi connectivity index (χ3v) is 2.92. The molecule has 0 bridgehead atoms. The number of nitrogens with one attached hydrogen (secondary N) is 1. The van der Waals surface area contributed by atoms with Gasteiger partial charge in [-0.3, -0.25) is 0 Å². The molecule has 0 fully saturated rings. The number of aliphatic hydroxyl groups excluding tert-OH is 1. The van der Waals surface area contributed by atoms with Crippen LogP contribution in [0.1, 0.15) is 24.5 Å². The highest BCUT2D eigenvalue weighted by molar-refractivity contribution is 5.73. The highest BCUT2D eigenvalue weighted by atomic mass is 16.3. The molecular weight excluding hydrogens is 228 g/mol. The van der Waals surface area contributed by atoms with Crippen molar-refractivity contribution in [3.63, 3.8) is 0 Å². The highest BCUT2D eigenvalue weighted by Crippen LogP contribution is 2.06. The second kappa shape index (κ2) is 7.01. The van der Waals surface area contributed by atoms with Gasteiger partial charge in [-0.15, -0.1) is 0 Å². The number of hydrogen-bond donors (Lipinski definition) is 2. The van der Waals surface area contributed by atoms with Gasteiger partial charge in [-0.1, -0.05) is 24.3 Å². The van der Waals surface area contributed by atoms with Gasteiger partial charge in [0.15, 0.2) is 0 Å². The van der Waals surface area contributed by atoms with E-state index in [1.165, 1.54) is 5.56 Å². The molecule has 0 saturated heterocycles. The van der Waals surface area contributed by atoms with Crippen LogP contribution in [-0.4, -0.2) is 35.7 Å². The summed E-state index contributed by atoms with van der Waals surface area (Å²) >= 11 is 0. The molecule has 2 N–H and O–H groups in total. The predicted octanol–water partition coefficient (Wildman–Crippen LogP) is 1.91. The fourth-order valence-electron chi connectivity index (χ4n) is 1.60. The zero-order valence-electron chi connectivity index (χ0n) is 11.3. The molecular formula is C14H22N2O2. The Labute approximate surface area is 109 Å². The number of nitrogens with zero attached hydrogens (tertiary/aromatic N) is 1. The van der Waals surface area contributed by atoms with Crippen molar-refractivity contribution in [1.29, 1.82) is 0 Å². The topological polar surface area (TPSA) is 52.6 Å². The normalized spacial score (nSPS) is 12.0. The molecule has 4 nitrogen and oxygen atoms in total. The van der Waals surface area contributed by atoms with Crippen LogP contribution in [0, 0.1) is 6.92 Å². The third-order valence-electron chi connectivity index (χ3n) is 2.92. The van der Waals surface area contributed by atoms with Crippen molar-refractivity contribution >= 4 is 6.03 Å². The van der Waals surface area contributed by atoms with Crippen LogP contribution in [0.5, 0.6) is 0 Å². The van der Waals surface area contributed by atoms with Gasteiger partial charge in [-0.25, -0.2) is 4.79 Å². The molecule has 0 aliphatic rings. The van der Waals surface area contributed by atoms with Gasteiger partial charge in [0, 0.05) is 20.1 Å². The number of aryl methyl sites for hydroxylation is 1. The first-order valence-electron chi connectivity index (χ1n) is 6.22. The summed E-state index contributed by atoms with van der Waals surface area (Å²) in [7, 11) is 1.73. The van der Waals surface area contributed by atoms with Crippen LogP contribution in [0.3, 0.4) is 0 Å². The van der Waals surface area contributed by atoms with Crippen LogP contribution in [0.25, 0.3) is 0 Å². The van der Waals surface area contributed by atoms with Gasteiger partial charge >= 0.3 is 6.03 Å². The highest BCUT2D eigenvalue weighted by Gasteiger charge is 2.09. The van der Waals surface area contributed by atoms with Crippen molar-refractivity contribution in [2.24, 2.45) is 0 Å². The molecule has 1 rings (SSSR count). The summed E-state index contributed by atoms with van der Waals surface area (Å²) in [4.78, 5) is 13.4. The lowest BCUT2D eigenvalue weighted by Crippen LogP contribution is -2.38. The molecule has 1 atom stereocenters. The lowest BCUT2D eigenvalue weighted by Gasteiger charge is -2.19. The van der Waals surface area contributed by atoms with Gasteiger partial charge in [0.1, 0.15) is 0 Å². The number of hydrogen-bond acceptors (Lipinski definition) is 2. The van der Waals surface area contributed by atoms with Crippen LogP contribution >= 0.6 is 0 Å². The summed E-state index contributed by atoms with van der Waals surface area (Å²) in [6, 6.07) is 7.87. The number of benzene rings is 1. The first kappa shape index (κ1) is 14.5. The Morgan fingerprint density at radius 3 is 2.72 bits per heavy atom. The maximum Gasteiger partial charge on any atom is 0.317 e. The van der Waals surface area contributed by atoms with Crippen molar-refractivity contribution in [1.82, 2.24) is 10.2 Å². The van der Waals surface area contributed by atoms with Crippen LogP contribution in [0.15, 0.2) is 24.3 Å². The van der Waals surface area contributed by atoms with E-state index in [-0.39, 0.29) is 12.1 Å². The maximum absolute atomic E-state index is 11.8. The fourth-order valence-corrected chi connectivity index (χ4v) is 1.60. The Hall–Kier alpha value is -1.55. The lowest BCUT2D eigenvalue weighted by molar-refractivity contribution is 0.163. The first-order valence-corrected chi connectivity index (χ1v) is 6.22. The van der Waals surface area contributed by atoms with E-state index in [2.05, 4.69) is 5.32 Å². The minimum absolute atomic E-state index is 0.112. The number of aliphatic hydroxyl groups is 1. The molecule has 1 aromatic rings. The number of rotatable bonds is 5. The van der Waals surface area contributed by atoms with E-state index in [0.717, 1.165) is 5.56 Å². The van der Waals surface area contributed by atoms with Gasteiger partial charge < -0.3 is 15.3 Å². The Balaban J connectivity index is 2.39. The van der Waals surface area contributed by atoms with E-state index in [9.17, 15) is 4.79 Å². The number of amides is 2. The molecule has 2 amide bonds. The number of carbonyl (C=O) groups excluding carboxylic acids is 1. The summed E-state index contributed by atoms with van der Waals surface area (Å²) in [5, 5.41) is 12.0. The van der Waals surface area contributed by atoms with E-state index < -0.39 is 0 Å². The van der Waals surface area contributed by atoms with E-state index in [1.54, 1.807) is 18.9 Å². The molecule has 0 spiro atoms. The fraction of sp³-hybridized carbons (Fsp3) is 0.500. The molecule has 1 unspecified atom stereocenters. The molecule has 18 heavy (non-hydrogen) atoms. The van der Waals surface area contributed by atoms with E-state index >= 15 is 0 Å². The zero-order valence-corrected chi connectivity index (χ0v) is 11.3. The average molecular weight is 250 g/mol. The monoisotopic (exact) mass is 250 g/mol. The van der Waals surface area contributed by atoms with Gasteiger partial charge in [0.2, 0.25) is 0 Å². The Morgan fingerprint density at radius 2 is 2.11 bits per heavy atom. The van der Waals surface area contributed by atoms with Crippen molar-refractivity contribution in [3.8, 4) is 0 Å². The lowest BCUT2D eigenvalue weighted by atomic mass is 10.1. The average Bonchev–Trinajstić information content (AvgIpc) is 2.34. The van der Waals surface area contributed by atoms with Crippen molar-refractivity contribution in [2.45, 2.75) is 32.9 Å². The summed E-state index contributed by atoms with van der Waals surface area (Å²) in [6.45, 7) is 4.83. The first-order chi connectivity index (χ1) is 8.50. The van der Waals surface area contributed by atoms with Crippen LogP contribution in [-0.2, 0) is 6.54 Å². The minimum atomic E-state index is -0.378. The molecule has 0 saturated carbocycles. The maximum atomic E-state index is 11.8. The summed E-state index contributed by atoms with van der Waals surface area (Å²) < 4.78 is 0. The van der Waals surface area contributed by atoms with Gasteiger partial charge in [0.05, 0.1) is 6.10 Å². The zero-order chi connectivity index (χ0) is 13.5. The standard InChI is InChI=1S/C14H22N2O2/c1-11-6-4-5-7-13(11)10-15-14(18)16(3)9-8-12(2)17/h4-7,12,17H,8-10H2,1-3H3,(H,15,18). The quantitative estimate of drug-likeness (QED) is 0.838. The number of urea groups is 1. The van der Waals surface area contributed by atoms with Gasteiger partial charge in [0.25, 0.3) is 0 Å². The summed E-state index contributed by atoms with van der Waals surface area (Å²) in [5.41, 5.74) is 2.29. The Kier molecular flexibility index (Phi) is 5.65. The van der Waals surface area contributed by atoms with E-state index in [1.807, 2.05) is 31.2 Å². The van der Waals surface area contributed by atoms with Crippen molar-refractivity contribution in [2.75, 3.05) is 13.6 Å². The van der Waals surface area contributed by atoms with E-state index in [4.69, 9.17) is 5.11 Å². The minimum Gasteiger partial charge on any atom is -0.393 e. The second-order valence-electron chi connectivity index (χ2n) is 4.64. The summed E-state index contributed by atoms with van der Waals surface area (Å²) in [5.74, 6) is 0. The Bertz CT molecular complexity index is 391. The second-order valence-corrected chi connectivity index (χ2v) is 4.64. The molecule has 0 heterocycles. The third kappa shape index (κ3) is 4.75. The smallest absolute Gasteiger partial charge is 0.317 e. The molecule has 1 aromatic carbocycles. The number of carbonyl (C=O) groups is 1. The summed E-state index contributed by atoms with van der Waals surface area (Å²) in [6.07, 6.45) is 0.213. The predicted molar refractivity (Wildman–Crippen MR) is 72.3 cm³/mol. The molecule has 0 radical (unpaired) electrons. The molecule has 0 aliphatic heterocycles. The molecule has 0 aromatic heterocycles. The van der Waals surface area contributed by atoms with Gasteiger partial charge in [-0.2, -0.15) is 0 Å². The van der Waals surface area contributed by atoms with Crippen LogP contribution in [0.4, 0.5) is 4.79 Å². The molecule has 100 valence electrons. The largest absolute Gasteiger partial charge is 0.393 e. The van der Waals surface area contributed by atoms with Gasteiger partial charge in [-0.05, 0) is 31.4 Å². The molecule has 0 aliphatic carbocycles. The molecule has 4 heteroatoms. The SMILES string of the molecule is Cc1ccccc1CNC(=O)N(C)CCC(C)O. The Morgan fingerprint density at radius 1 is 1.44 bits per heavy atom. The van der Waals surface area contributed by atoms with Crippen LogP contribution < -0.4 is 5.32 Å².